The number of hydrogen-bond donors (Lipinski definition) is 3. The number of nitrogens with one attached hydrogen (secondary N) is 2. The number of hydrogen-bond acceptors (Lipinski definition) is 5. The molecule has 0 radical (unpaired) electrons. The lowest BCUT2D eigenvalue weighted by atomic mass is 10.0. The molecule has 12 heteroatoms. The highest BCUT2D eigenvalue weighted by Crippen LogP contribution is 2.43. The number of benzene rings is 2. The number of aromatic nitrogens is 1. The first-order valence-electron chi connectivity index (χ1n) is 10.9. The second kappa shape index (κ2) is 9.47. The molecule has 190 valence electrons. The SMILES string of the molecule is Cn1c(Nc2ccc(I)cc2F)c(C(N)=O)cc(Cc2cccc(NS(=O)(=O)C3(C)CC3)c2F)c1=O. The molecular formula is C24H23F2IN4O4S. The van der Waals surface area contributed by atoms with Crippen molar-refractivity contribution in [3.63, 3.8) is 0 Å². The van der Waals surface area contributed by atoms with Crippen molar-refractivity contribution in [2.75, 3.05) is 10.0 Å². The van der Waals surface area contributed by atoms with E-state index >= 15 is 4.39 Å². The molecule has 1 amide bonds. The molecule has 0 aliphatic heterocycles. The van der Waals surface area contributed by atoms with Gasteiger partial charge in [0.1, 0.15) is 11.6 Å². The number of anilines is 3. The number of carbonyl (C=O) groups is 1. The van der Waals surface area contributed by atoms with Crippen molar-refractivity contribution in [2.24, 2.45) is 12.8 Å². The van der Waals surface area contributed by atoms with Crippen LogP contribution in [0.1, 0.15) is 41.3 Å². The summed E-state index contributed by atoms with van der Waals surface area (Å²) in [6.07, 6.45) is 0.744. The average molecular weight is 628 g/mol. The monoisotopic (exact) mass is 628 g/mol. The van der Waals surface area contributed by atoms with Gasteiger partial charge in [-0.2, -0.15) is 0 Å². The van der Waals surface area contributed by atoms with E-state index < -0.39 is 37.9 Å². The smallest absolute Gasteiger partial charge is 0.255 e. The first-order valence-corrected chi connectivity index (χ1v) is 13.4. The molecule has 0 saturated heterocycles. The molecule has 1 fully saturated rings. The molecule has 4 N–H and O–H groups in total. The van der Waals surface area contributed by atoms with Crippen LogP contribution in [0.15, 0.2) is 47.3 Å². The summed E-state index contributed by atoms with van der Waals surface area (Å²) in [4.78, 5) is 25.3. The van der Waals surface area contributed by atoms with Gasteiger partial charge in [-0.25, -0.2) is 17.2 Å². The van der Waals surface area contributed by atoms with Crippen molar-refractivity contribution >= 4 is 55.7 Å². The first-order chi connectivity index (χ1) is 16.8. The number of sulfonamides is 1. The van der Waals surface area contributed by atoms with Crippen LogP contribution in [0, 0.1) is 15.2 Å². The van der Waals surface area contributed by atoms with Crippen molar-refractivity contribution < 1.29 is 22.0 Å². The third-order valence-electron chi connectivity index (χ3n) is 6.24. The van der Waals surface area contributed by atoms with Gasteiger partial charge in [0, 0.05) is 22.6 Å². The number of halogens is 3. The zero-order chi connectivity index (χ0) is 26.4. The molecular weight excluding hydrogens is 605 g/mol. The third kappa shape index (κ3) is 4.96. The molecule has 36 heavy (non-hydrogen) atoms. The fraction of sp³-hybridized carbons (Fsp3) is 0.250. The highest BCUT2D eigenvalue weighted by molar-refractivity contribution is 14.1. The number of rotatable bonds is 8. The van der Waals surface area contributed by atoms with Crippen LogP contribution in [-0.2, 0) is 23.5 Å². The average Bonchev–Trinajstić information content (AvgIpc) is 3.56. The van der Waals surface area contributed by atoms with Crippen molar-refractivity contribution in [1.82, 2.24) is 4.57 Å². The normalized spacial score (nSPS) is 14.4. The molecule has 1 aliphatic carbocycles. The fourth-order valence-electron chi connectivity index (χ4n) is 3.70. The number of carbonyl (C=O) groups excluding carboxylic acids is 1. The number of nitrogens with zero attached hydrogens (tertiary/aromatic N) is 1. The Morgan fingerprint density at radius 2 is 1.83 bits per heavy atom. The fourth-order valence-corrected chi connectivity index (χ4v) is 5.49. The summed E-state index contributed by atoms with van der Waals surface area (Å²) in [5.74, 6) is -2.30. The Balaban J connectivity index is 1.70. The minimum absolute atomic E-state index is 0.0176. The maximum Gasteiger partial charge on any atom is 0.255 e. The Morgan fingerprint density at radius 3 is 2.44 bits per heavy atom. The Morgan fingerprint density at radius 1 is 1.14 bits per heavy atom. The van der Waals surface area contributed by atoms with E-state index in [-0.39, 0.29) is 40.3 Å². The van der Waals surface area contributed by atoms with Gasteiger partial charge in [0.2, 0.25) is 10.0 Å². The molecule has 0 atom stereocenters. The topological polar surface area (TPSA) is 123 Å². The maximum absolute atomic E-state index is 15.3. The van der Waals surface area contributed by atoms with Crippen LogP contribution in [0.3, 0.4) is 0 Å². The Bertz CT molecular complexity index is 1550. The molecule has 4 rings (SSSR count). The minimum atomic E-state index is -3.78. The van der Waals surface area contributed by atoms with Gasteiger partial charge in [-0.1, -0.05) is 12.1 Å². The second-order valence-corrected chi connectivity index (χ2v) is 12.4. The lowest BCUT2D eigenvalue weighted by molar-refractivity contribution is 0.100. The predicted octanol–water partition coefficient (Wildman–Crippen LogP) is 4.00. The molecule has 1 saturated carbocycles. The maximum atomic E-state index is 15.3. The molecule has 3 aromatic rings. The zero-order valence-corrected chi connectivity index (χ0v) is 22.3. The van der Waals surface area contributed by atoms with Gasteiger partial charge in [0.15, 0.2) is 5.82 Å². The van der Waals surface area contributed by atoms with Crippen LogP contribution in [-0.4, -0.2) is 23.6 Å². The minimum Gasteiger partial charge on any atom is -0.365 e. The standard InChI is InChI=1S/C24H23F2IN4O4S/c1-24(8-9-24)36(34,35)30-19-5-3-4-13(20(19)26)10-14-11-16(21(28)32)22(31(2)23(14)33)29-18-7-6-15(27)12-17(18)25/h3-7,11-12,29-30H,8-10H2,1-2H3,(H2,28,32). The van der Waals surface area contributed by atoms with E-state index in [9.17, 15) is 22.4 Å². The van der Waals surface area contributed by atoms with Crippen molar-refractivity contribution in [1.29, 1.82) is 0 Å². The molecule has 1 heterocycles. The van der Waals surface area contributed by atoms with E-state index in [1.165, 1.54) is 43.4 Å². The molecule has 8 nitrogen and oxygen atoms in total. The third-order valence-corrected chi connectivity index (χ3v) is 9.11. The van der Waals surface area contributed by atoms with Gasteiger partial charge in [0.05, 0.1) is 21.7 Å². The van der Waals surface area contributed by atoms with Gasteiger partial charge in [-0.05, 0) is 78.3 Å². The summed E-state index contributed by atoms with van der Waals surface area (Å²) in [6, 6.07) is 9.83. The highest BCUT2D eigenvalue weighted by Gasteiger charge is 2.50. The van der Waals surface area contributed by atoms with E-state index in [0.717, 1.165) is 4.57 Å². The largest absolute Gasteiger partial charge is 0.365 e. The number of primary amides is 1. The van der Waals surface area contributed by atoms with Gasteiger partial charge in [-0.3, -0.25) is 18.9 Å². The first kappa shape index (κ1) is 26.1. The van der Waals surface area contributed by atoms with Crippen LogP contribution in [0.5, 0.6) is 0 Å². The molecule has 2 aromatic carbocycles. The van der Waals surface area contributed by atoms with Crippen LogP contribution in [0.4, 0.5) is 26.0 Å². The summed E-state index contributed by atoms with van der Waals surface area (Å²) < 4.78 is 57.9. The van der Waals surface area contributed by atoms with Crippen molar-refractivity contribution in [2.45, 2.75) is 30.9 Å². The summed E-state index contributed by atoms with van der Waals surface area (Å²) >= 11 is 1.95. The summed E-state index contributed by atoms with van der Waals surface area (Å²) in [5.41, 5.74) is 4.80. The van der Waals surface area contributed by atoms with Crippen LogP contribution in [0.25, 0.3) is 0 Å². The van der Waals surface area contributed by atoms with E-state index in [1.807, 2.05) is 22.6 Å². The Hall–Kier alpha value is -3.00. The van der Waals surface area contributed by atoms with Gasteiger partial charge < -0.3 is 11.1 Å². The van der Waals surface area contributed by atoms with Crippen molar-refractivity contribution in [3.05, 3.63) is 84.7 Å². The summed E-state index contributed by atoms with van der Waals surface area (Å²) in [6.45, 7) is 1.59. The number of amides is 1. The van der Waals surface area contributed by atoms with Crippen molar-refractivity contribution in [3.8, 4) is 0 Å². The summed E-state index contributed by atoms with van der Waals surface area (Å²) in [7, 11) is -2.41. The molecule has 1 aromatic heterocycles. The Kier molecular flexibility index (Phi) is 6.86. The van der Waals surface area contributed by atoms with Crippen LogP contribution in [0.2, 0.25) is 0 Å². The van der Waals surface area contributed by atoms with E-state index in [1.54, 1.807) is 13.0 Å². The highest BCUT2D eigenvalue weighted by atomic mass is 127. The quantitative estimate of drug-likeness (QED) is 0.326. The number of pyridine rings is 1. The van der Waals surface area contributed by atoms with Gasteiger partial charge >= 0.3 is 0 Å². The number of nitrogens with two attached hydrogens (primary N) is 1. The van der Waals surface area contributed by atoms with Gasteiger partial charge in [0.25, 0.3) is 11.5 Å². The molecule has 0 unspecified atom stereocenters. The zero-order valence-electron chi connectivity index (χ0n) is 19.4. The summed E-state index contributed by atoms with van der Waals surface area (Å²) in [5, 5.41) is 2.75. The molecule has 0 spiro atoms. The second-order valence-electron chi connectivity index (χ2n) is 8.92. The lowest BCUT2D eigenvalue weighted by Crippen LogP contribution is -2.28. The van der Waals surface area contributed by atoms with Crippen LogP contribution >= 0.6 is 22.6 Å². The lowest BCUT2D eigenvalue weighted by Gasteiger charge is -2.18. The van der Waals surface area contributed by atoms with E-state index in [0.29, 0.717) is 16.4 Å². The van der Waals surface area contributed by atoms with Gasteiger partial charge in [-0.15, -0.1) is 0 Å². The molecule has 0 bridgehead atoms. The molecule has 1 aliphatic rings. The van der Waals surface area contributed by atoms with Crippen LogP contribution < -0.4 is 21.3 Å². The van der Waals surface area contributed by atoms with E-state index in [2.05, 4.69) is 10.0 Å². The van der Waals surface area contributed by atoms with E-state index in [4.69, 9.17) is 5.73 Å². The predicted molar refractivity (Wildman–Crippen MR) is 142 cm³/mol. The Labute approximate surface area is 220 Å².